The van der Waals surface area contributed by atoms with Crippen LogP contribution < -0.4 is 10.6 Å². The average molecular weight is 286 g/mol. The summed E-state index contributed by atoms with van der Waals surface area (Å²) in [7, 11) is 0. The van der Waals surface area contributed by atoms with Crippen LogP contribution in [0.3, 0.4) is 0 Å². The maximum Gasteiger partial charge on any atom is 0.418 e. The molecule has 0 spiro atoms. The molecular weight excluding hydrogens is 265 g/mol. The number of piperidine rings is 1. The molecule has 1 saturated heterocycles. The predicted octanol–water partition coefficient (Wildman–Crippen LogP) is 3.79. The molecule has 2 nitrogen and oxygen atoms in total. The molecule has 1 aliphatic rings. The van der Waals surface area contributed by atoms with Crippen LogP contribution in [0, 0.1) is 5.92 Å². The Labute approximate surface area is 117 Å². The van der Waals surface area contributed by atoms with Gasteiger partial charge < -0.3 is 10.6 Å². The van der Waals surface area contributed by atoms with E-state index in [-0.39, 0.29) is 18.3 Å². The lowest BCUT2D eigenvalue weighted by Crippen LogP contribution is -2.42. The Morgan fingerprint density at radius 3 is 2.55 bits per heavy atom. The fourth-order valence-corrected chi connectivity index (χ4v) is 2.81. The third kappa shape index (κ3) is 3.08. The summed E-state index contributed by atoms with van der Waals surface area (Å²) in [5.41, 5.74) is 5.69. The van der Waals surface area contributed by atoms with Crippen molar-refractivity contribution in [3.05, 3.63) is 29.3 Å². The molecule has 5 heteroatoms. The Kier molecular flexibility index (Phi) is 4.28. The van der Waals surface area contributed by atoms with Gasteiger partial charge in [0.25, 0.3) is 0 Å². The number of hydrogen-bond acceptors (Lipinski definition) is 2. The summed E-state index contributed by atoms with van der Waals surface area (Å²) in [6.45, 7) is 4.87. The van der Waals surface area contributed by atoms with Crippen LogP contribution in [0.25, 0.3) is 0 Å². The van der Waals surface area contributed by atoms with Gasteiger partial charge in [0, 0.05) is 24.8 Å². The van der Waals surface area contributed by atoms with Crippen molar-refractivity contribution in [3.8, 4) is 0 Å². The van der Waals surface area contributed by atoms with Crippen molar-refractivity contribution in [1.82, 2.24) is 0 Å². The lowest BCUT2D eigenvalue weighted by molar-refractivity contribution is -0.137. The van der Waals surface area contributed by atoms with Crippen molar-refractivity contribution in [2.45, 2.75) is 45.5 Å². The van der Waals surface area contributed by atoms with Crippen molar-refractivity contribution in [3.63, 3.8) is 0 Å². The van der Waals surface area contributed by atoms with Gasteiger partial charge in [0.2, 0.25) is 0 Å². The molecule has 1 fully saturated rings. The molecule has 20 heavy (non-hydrogen) atoms. The van der Waals surface area contributed by atoms with Crippen LogP contribution in [0.2, 0.25) is 0 Å². The minimum atomic E-state index is -4.35. The van der Waals surface area contributed by atoms with Crippen molar-refractivity contribution in [1.29, 1.82) is 0 Å². The summed E-state index contributed by atoms with van der Waals surface area (Å²) in [4.78, 5) is 1.89. The predicted molar refractivity (Wildman–Crippen MR) is 74.5 cm³/mol. The van der Waals surface area contributed by atoms with Gasteiger partial charge in [-0.3, -0.25) is 0 Å². The van der Waals surface area contributed by atoms with E-state index in [2.05, 4.69) is 6.92 Å². The van der Waals surface area contributed by atoms with Crippen LogP contribution >= 0.6 is 0 Å². The van der Waals surface area contributed by atoms with E-state index in [1.807, 2.05) is 11.8 Å². The van der Waals surface area contributed by atoms with Crippen LogP contribution in [0.4, 0.5) is 18.9 Å². The maximum atomic E-state index is 13.3. The normalized spacial score (nSPS) is 24.0. The van der Waals surface area contributed by atoms with E-state index in [1.165, 1.54) is 6.07 Å². The molecule has 2 unspecified atom stereocenters. The number of anilines is 1. The third-order valence-electron chi connectivity index (χ3n) is 4.03. The van der Waals surface area contributed by atoms with E-state index in [0.29, 0.717) is 18.0 Å². The fourth-order valence-electron chi connectivity index (χ4n) is 2.81. The first-order chi connectivity index (χ1) is 9.32. The minimum Gasteiger partial charge on any atom is -0.368 e. The number of rotatable bonds is 2. The van der Waals surface area contributed by atoms with Gasteiger partial charge in [0.1, 0.15) is 0 Å². The van der Waals surface area contributed by atoms with E-state index in [9.17, 15) is 13.2 Å². The monoisotopic (exact) mass is 286 g/mol. The molecule has 0 bridgehead atoms. The van der Waals surface area contributed by atoms with Crippen LogP contribution in [-0.4, -0.2) is 12.6 Å². The minimum absolute atomic E-state index is 0.120. The standard InChI is InChI=1S/C15H21F3N2/c1-10-3-4-11(2)20(9-10)14-6-5-12(8-19)7-13(14)15(16,17)18/h5-7,10-11H,3-4,8-9,19H2,1-2H3. The zero-order chi connectivity index (χ0) is 14.9. The maximum absolute atomic E-state index is 13.3. The average Bonchev–Trinajstić information content (AvgIpc) is 2.40. The number of nitrogens with two attached hydrogens (primary N) is 1. The molecule has 1 heterocycles. The Morgan fingerprint density at radius 2 is 1.95 bits per heavy atom. The van der Waals surface area contributed by atoms with E-state index < -0.39 is 11.7 Å². The Morgan fingerprint density at radius 1 is 1.25 bits per heavy atom. The highest BCUT2D eigenvalue weighted by atomic mass is 19.4. The van der Waals surface area contributed by atoms with Gasteiger partial charge in [0.05, 0.1) is 5.56 Å². The van der Waals surface area contributed by atoms with Crippen molar-refractivity contribution in [2.24, 2.45) is 11.7 Å². The first-order valence-corrected chi connectivity index (χ1v) is 6.99. The zero-order valence-electron chi connectivity index (χ0n) is 11.9. The molecule has 0 aliphatic carbocycles. The molecule has 2 rings (SSSR count). The van der Waals surface area contributed by atoms with Gasteiger partial charge in [-0.1, -0.05) is 13.0 Å². The molecule has 0 amide bonds. The molecule has 1 aromatic rings. The quantitative estimate of drug-likeness (QED) is 0.896. The second-order valence-corrected chi connectivity index (χ2v) is 5.74. The Hall–Kier alpha value is -1.23. The number of nitrogens with zero attached hydrogens (tertiary/aromatic N) is 1. The summed E-state index contributed by atoms with van der Waals surface area (Å²) < 4.78 is 39.8. The number of alkyl halides is 3. The highest BCUT2D eigenvalue weighted by Crippen LogP contribution is 2.39. The van der Waals surface area contributed by atoms with E-state index >= 15 is 0 Å². The SMILES string of the molecule is CC1CCC(C)N(c2ccc(CN)cc2C(F)(F)F)C1. The Bertz CT molecular complexity index is 471. The summed E-state index contributed by atoms with van der Waals surface area (Å²) in [5, 5.41) is 0. The first kappa shape index (κ1) is 15.2. The largest absolute Gasteiger partial charge is 0.418 e. The topological polar surface area (TPSA) is 29.3 Å². The molecule has 2 N–H and O–H groups in total. The first-order valence-electron chi connectivity index (χ1n) is 6.99. The molecule has 1 aromatic carbocycles. The molecule has 112 valence electrons. The van der Waals surface area contributed by atoms with E-state index in [4.69, 9.17) is 5.73 Å². The zero-order valence-corrected chi connectivity index (χ0v) is 11.9. The third-order valence-corrected chi connectivity index (χ3v) is 4.03. The molecular formula is C15H21F3N2. The van der Waals surface area contributed by atoms with Crippen LogP contribution in [0.5, 0.6) is 0 Å². The highest BCUT2D eigenvalue weighted by Gasteiger charge is 2.36. The second-order valence-electron chi connectivity index (χ2n) is 5.74. The second kappa shape index (κ2) is 5.64. The number of halogens is 3. The summed E-state index contributed by atoms with van der Waals surface area (Å²) >= 11 is 0. The lowest BCUT2D eigenvalue weighted by Gasteiger charge is -2.39. The van der Waals surface area contributed by atoms with Crippen LogP contribution in [-0.2, 0) is 12.7 Å². The van der Waals surface area contributed by atoms with Gasteiger partial charge in [0.15, 0.2) is 0 Å². The van der Waals surface area contributed by atoms with Gasteiger partial charge in [-0.2, -0.15) is 13.2 Å². The van der Waals surface area contributed by atoms with Crippen LogP contribution in [0.1, 0.15) is 37.8 Å². The van der Waals surface area contributed by atoms with Crippen molar-refractivity contribution >= 4 is 5.69 Å². The summed E-state index contributed by atoms with van der Waals surface area (Å²) in [5.74, 6) is 0.418. The Balaban J connectivity index is 2.44. The molecule has 0 radical (unpaired) electrons. The highest BCUT2D eigenvalue weighted by molar-refractivity contribution is 5.57. The van der Waals surface area contributed by atoms with E-state index in [1.54, 1.807) is 12.1 Å². The molecule has 0 saturated carbocycles. The summed E-state index contributed by atoms with van der Waals surface area (Å²) in [6.07, 6.45) is -2.35. The molecule has 0 aromatic heterocycles. The van der Waals surface area contributed by atoms with Gasteiger partial charge in [-0.15, -0.1) is 0 Å². The fraction of sp³-hybridized carbons (Fsp3) is 0.600. The lowest BCUT2D eigenvalue weighted by atomic mass is 9.93. The molecule has 2 atom stereocenters. The smallest absolute Gasteiger partial charge is 0.368 e. The number of hydrogen-bond donors (Lipinski definition) is 1. The van der Waals surface area contributed by atoms with Gasteiger partial charge >= 0.3 is 6.18 Å². The van der Waals surface area contributed by atoms with Crippen molar-refractivity contribution in [2.75, 3.05) is 11.4 Å². The van der Waals surface area contributed by atoms with Crippen molar-refractivity contribution < 1.29 is 13.2 Å². The van der Waals surface area contributed by atoms with Gasteiger partial charge in [-0.05, 0) is 43.4 Å². The summed E-state index contributed by atoms with van der Waals surface area (Å²) in [6, 6.07) is 4.58. The van der Waals surface area contributed by atoms with Crippen LogP contribution in [0.15, 0.2) is 18.2 Å². The molecule has 1 aliphatic heterocycles. The van der Waals surface area contributed by atoms with Gasteiger partial charge in [-0.25, -0.2) is 0 Å². The van der Waals surface area contributed by atoms with E-state index in [0.717, 1.165) is 12.8 Å². The number of benzene rings is 1.